The molecule has 0 unspecified atom stereocenters. The average molecular weight is 169 g/mol. The van der Waals surface area contributed by atoms with E-state index in [2.05, 4.69) is 10.4 Å². The van der Waals surface area contributed by atoms with Gasteiger partial charge in [-0.1, -0.05) is 17.1 Å². The lowest BCUT2D eigenvalue weighted by Crippen LogP contribution is -2.38. The van der Waals surface area contributed by atoms with Crippen molar-refractivity contribution in [3.05, 3.63) is 24.3 Å². The van der Waals surface area contributed by atoms with Gasteiger partial charge in [-0.25, -0.2) is 5.26 Å². The molecule has 1 heterocycles. The molecular formula is C6H7N3O3. The van der Waals surface area contributed by atoms with Gasteiger partial charge in [-0.05, 0) is 12.1 Å². The van der Waals surface area contributed by atoms with Gasteiger partial charge in [-0.3, -0.25) is 10.6 Å². The van der Waals surface area contributed by atoms with E-state index in [1.54, 1.807) is 24.3 Å². The quantitative estimate of drug-likeness (QED) is 0.427. The van der Waals surface area contributed by atoms with Gasteiger partial charge in [0.15, 0.2) is 0 Å². The fourth-order valence-corrected chi connectivity index (χ4v) is 1.05. The third kappa shape index (κ3) is 0.908. The molecule has 2 rings (SSSR count). The van der Waals surface area contributed by atoms with Crippen LogP contribution in [0.1, 0.15) is 0 Å². The molecule has 0 atom stereocenters. The van der Waals surface area contributed by atoms with E-state index in [0.717, 1.165) is 0 Å². The minimum atomic E-state index is 0.506. The fraction of sp³-hybridized carbons (Fsp3) is 0. The monoisotopic (exact) mass is 169 g/mol. The van der Waals surface area contributed by atoms with Crippen molar-refractivity contribution in [2.45, 2.75) is 0 Å². The van der Waals surface area contributed by atoms with Gasteiger partial charge in [-0.15, -0.1) is 5.17 Å². The lowest BCUT2D eigenvalue weighted by atomic mass is 10.3. The summed E-state index contributed by atoms with van der Waals surface area (Å²) in [7, 11) is 0. The highest BCUT2D eigenvalue weighted by atomic mass is 17.2. The number of hydrogen-bond donors (Lipinski definition) is 3. The Morgan fingerprint density at radius 2 is 2.08 bits per heavy atom. The van der Waals surface area contributed by atoms with E-state index in [9.17, 15) is 5.21 Å². The van der Waals surface area contributed by atoms with Crippen molar-refractivity contribution in [2.24, 2.45) is 0 Å². The van der Waals surface area contributed by atoms with Crippen LogP contribution in [-0.2, 0) is 4.99 Å². The molecule has 0 saturated heterocycles. The van der Waals surface area contributed by atoms with Gasteiger partial charge in [0.2, 0.25) is 0 Å². The van der Waals surface area contributed by atoms with Crippen molar-refractivity contribution in [3.8, 4) is 0 Å². The number of nitrogens with zero attached hydrogens (tertiary/aromatic N) is 2. The lowest BCUT2D eigenvalue weighted by molar-refractivity contribution is -0.404. The van der Waals surface area contributed by atoms with Crippen LogP contribution in [0.2, 0.25) is 0 Å². The molecule has 6 nitrogen and oxygen atoms in total. The van der Waals surface area contributed by atoms with Crippen LogP contribution in [0.4, 0.5) is 11.4 Å². The molecule has 6 heteroatoms. The summed E-state index contributed by atoms with van der Waals surface area (Å²) in [6.07, 6.45) is 0. The van der Waals surface area contributed by atoms with Crippen LogP contribution in [0.25, 0.3) is 0 Å². The second-order valence-corrected chi connectivity index (χ2v) is 2.27. The first-order chi connectivity index (χ1) is 5.83. The normalized spacial score (nSPS) is 16.0. The Hall–Kier alpha value is -1.34. The van der Waals surface area contributed by atoms with E-state index in [1.165, 1.54) is 0 Å². The van der Waals surface area contributed by atoms with Crippen LogP contribution in [0.3, 0.4) is 0 Å². The third-order valence-corrected chi connectivity index (χ3v) is 1.59. The largest absolute Gasteiger partial charge is 0.271 e. The third-order valence-electron chi connectivity index (χ3n) is 1.59. The molecule has 0 aromatic heterocycles. The summed E-state index contributed by atoms with van der Waals surface area (Å²) in [5.74, 6) is 0. The van der Waals surface area contributed by atoms with Crippen LogP contribution in [0.5, 0.6) is 0 Å². The molecule has 0 aliphatic carbocycles. The van der Waals surface area contributed by atoms with E-state index in [1.807, 2.05) is 0 Å². The molecule has 3 N–H and O–H groups in total. The maximum Gasteiger partial charge on any atom is 0.111 e. The van der Waals surface area contributed by atoms with Crippen molar-refractivity contribution >= 4 is 11.4 Å². The molecule has 0 spiro atoms. The van der Waals surface area contributed by atoms with E-state index < -0.39 is 0 Å². The summed E-state index contributed by atoms with van der Waals surface area (Å²) in [6, 6.07) is 6.95. The van der Waals surface area contributed by atoms with Crippen molar-refractivity contribution < 1.29 is 15.5 Å². The van der Waals surface area contributed by atoms with Gasteiger partial charge < -0.3 is 0 Å². The number of benzene rings is 1. The molecule has 1 aromatic carbocycles. The van der Waals surface area contributed by atoms with E-state index in [0.29, 0.717) is 21.8 Å². The predicted octanol–water partition coefficient (Wildman–Crippen LogP) is 0.844. The van der Waals surface area contributed by atoms with Crippen molar-refractivity contribution in [3.63, 3.8) is 0 Å². The van der Waals surface area contributed by atoms with Gasteiger partial charge >= 0.3 is 0 Å². The van der Waals surface area contributed by atoms with E-state index in [-0.39, 0.29) is 0 Å². The first-order valence-corrected chi connectivity index (χ1v) is 3.29. The molecule has 1 aliphatic rings. The highest BCUT2D eigenvalue weighted by Crippen LogP contribution is 2.31. The Morgan fingerprint density at radius 3 is 2.75 bits per heavy atom. The standard InChI is InChI=1S/C6H7N3O3/c10-8-6-4-2-1-3-5(6)7-9(8)12-11/h1-4,7,10-11H. The highest BCUT2D eigenvalue weighted by Gasteiger charge is 2.26. The van der Waals surface area contributed by atoms with Gasteiger partial charge in [-0.2, -0.15) is 0 Å². The van der Waals surface area contributed by atoms with Crippen molar-refractivity contribution in [1.82, 2.24) is 5.28 Å². The first kappa shape index (κ1) is 7.32. The second-order valence-electron chi connectivity index (χ2n) is 2.27. The van der Waals surface area contributed by atoms with Crippen LogP contribution >= 0.6 is 0 Å². The Bertz CT molecular complexity index is 293. The molecular weight excluding hydrogens is 162 g/mol. The predicted molar refractivity (Wildman–Crippen MR) is 39.9 cm³/mol. The zero-order valence-electron chi connectivity index (χ0n) is 6.01. The topological polar surface area (TPSA) is 68.2 Å². The molecule has 1 aromatic rings. The molecule has 12 heavy (non-hydrogen) atoms. The summed E-state index contributed by atoms with van der Waals surface area (Å²) in [6.45, 7) is 0. The van der Waals surface area contributed by atoms with Gasteiger partial charge in [0.05, 0.1) is 11.0 Å². The van der Waals surface area contributed by atoms with E-state index >= 15 is 0 Å². The molecule has 0 radical (unpaired) electrons. The number of rotatable bonds is 1. The Balaban J connectivity index is 2.35. The maximum absolute atomic E-state index is 9.25. The summed E-state index contributed by atoms with van der Waals surface area (Å²) in [5.41, 5.74) is 3.72. The van der Waals surface area contributed by atoms with Crippen LogP contribution in [-0.4, -0.2) is 15.7 Å². The summed E-state index contributed by atoms with van der Waals surface area (Å²) in [5, 5.41) is 18.9. The number of para-hydroxylation sites is 2. The number of fused-ring (bicyclic) bond motifs is 1. The Morgan fingerprint density at radius 1 is 1.33 bits per heavy atom. The number of anilines is 2. The van der Waals surface area contributed by atoms with Gasteiger partial charge in [0.1, 0.15) is 5.69 Å². The SMILES string of the molecule is OON1Nc2ccccc2N1O. The summed E-state index contributed by atoms with van der Waals surface area (Å²) < 4.78 is 0. The number of nitrogens with one attached hydrogen (secondary N) is 1. The smallest absolute Gasteiger partial charge is 0.111 e. The highest BCUT2D eigenvalue weighted by molar-refractivity contribution is 5.70. The minimum absolute atomic E-state index is 0.506. The lowest BCUT2D eigenvalue weighted by Gasteiger charge is -2.16. The Labute approximate surface area is 68.0 Å². The Kier molecular flexibility index (Phi) is 1.59. The van der Waals surface area contributed by atoms with Crippen molar-refractivity contribution in [2.75, 3.05) is 10.6 Å². The van der Waals surface area contributed by atoms with E-state index in [4.69, 9.17) is 5.26 Å². The fourth-order valence-electron chi connectivity index (χ4n) is 1.05. The van der Waals surface area contributed by atoms with Crippen LogP contribution < -0.4 is 10.6 Å². The first-order valence-electron chi connectivity index (χ1n) is 3.29. The molecule has 0 saturated carbocycles. The van der Waals surface area contributed by atoms with Gasteiger partial charge in [0.25, 0.3) is 0 Å². The number of hydrazine groups is 2. The molecule has 0 amide bonds. The zero-order chi connectivity index (χ0) is 8.55. The average Bonchev–Trinajstić information content (AvgIpc) is 2.44. The summed E-state index contributed by atoms with van der Waals surface area (Å²) in [4.78, 5) is 3.80. The van der Waals surface area contributed by atoms with Gasteiger partial charge in [0, 0.05) is 0 Å². The molecule has 0 fully saturated rings. The van der Waals surface area contributed by atoms with Crippen LogP contribution in [0, 0.1) is 0 Å². The molecule has 64 valence electrons. The molecule has 1 aliphatic heterocycles. The maximum atomic E-state index is 9.25. The van der Waals surface area contributed by atoms with Crippen LogP contribution in [0.15, 0.2) is 24.3 Å². The second kappa shape index (κ2) is 2.61. The summed E-state index contributed by atoms with van der Waals surface area (Å²) >= 11 is 0. The molecule has 0 bridgehead atoms. The number of hydrogen-bond acceptors (Lipinski definition) is 6. The zero-order valence-corrected chi connectivity index (χ0v) is 6.01. The minimum Gasteiger partial charge on any atom is -0.271 e. The van der Waals surface area contributed by atoms with Crippen molar-refractivity contribution in [1.29, 1.82) is 0 Å².